The summed E-state index contributed by atoms with van der Waals surface area (Å²) in [5.74, 6) is 0. The Morgan fingerprint density at radius 1 is 1.54 bits per heavy atom. The van der Waals surface area contributed by atoms with E-state index in [0.29, 0.717) is 6.04 Å². The van der Waals surface area contributed by atoms with Crippen LogP contribution in [0.25, 0.3) is 0 Å². The van der Waals surface area contributed by atoms with Crippen molar-refractivity contribution in [2.45, 2.75) is 44.2 Å². The smallest absolute Gasteiger partial charge is 0.0866 e. The second kappa shape index (κ2) is 4.77. The van der Waals surface area contributed by atoms with Crippen LogP contribution in [-0.2, 0) is 4.74 Å². The third kappa shape index (κ3) is 2.12. The van der Waals surface area contributed by atoms with Crippen molar-refractivity contribution in [3.8, 4) is 0 Å². The third-order valence-corrected chi connectivity index (χ3v) is 3.08. The van der Waals surface area contributed by atoms with Gasteiger partial charge in [-0.1, -0.05) is 25.8 Å². The van der Waals surface area contributed by atoms with Crippen molar-refractivity contribution in [2.24, 2.45) is 0 Å². The summed E-state index contributed by atoms with van der Waals surface area (Å²) >= 11 is 0. The molecule has 0 aromatic heterocycles. The maximum absolute atomic E-state index is 5.67. The van der Waals surface area contributed by atoms with Gasteiger partial charge in [0.25, 0.3) is 0 Å². The number of nitrogens with one attached hydrogen (secondary N) is 1. The fraction of sp³-hybridized carbons (Fsp3) is 0.818. The van der Waals surface area contributed by atoms with Gasteiger partial charge in [0.05, 0.1) is 11.6 Å². The first kappa shape index (κ1) is 10.7. The SMILES string of the molecule is C=CC(NCC)C1(OC)CCCC1. The maximum Gasteiger partial charge on any atom is 0.0866 e. The second-order valence-corrected chi connectivity index (χ2v) is 3.75. The normalized spacial score (nSPS) is 22.9. The van der Waals surface area contributed by atoms with Crippen LogP contribution in [0.4, 0.5) is 0 Å². The topological polar surface area (TPSA) is 21.3 Å². The van der Waals surface area contributed by atoms with E-state index in [1.54, 1.807) is 0 Å². The summed E-state index contributed by atoms with van der Waals surface area (Å²) in [6, 6.07) is 0.310. The Kier molecular flexibility index (Phi) is 3.94. The fourth-order valence-electron chi connectivity index (χ4n) is 2.32. The Hall–Kier alpha value is -0.340. The lowest BCUT2D eigenvalue weighted by Gasteiger charge is -2.35. The molecule has 13 heavy (non-hydrogen) atoms. The molecule has 1 rings (SSSR count). The summed E-state index contributed by atoms with van der Waals surface area (Å²) in [5, 5.41) is 3.42. The van der Waals surface area contributed by atoms with Gasteiger partial charge >= 0.3 is 0 Å². The van der Waals surface area contributed by atoms with Crippen molar-refractivity contribution in [3.05, 3.63) is 12.7 Å². The van der Waals surface area contributed by atoms with Gasteiger partial charge < -0.3 is 10.1 Å². The lowest BCUT2D eigenvalue weighted by atomic mass is 9.92. The van der Waals surface area contributed by atoms with E-state index in [-0.39, 0.29) is 5.60 Å². The number of likely N-dealkylation sites (N-methyl/N-ethyl adjacent to an activating group) is 1. The molecule has 2 heteroatoms. The Balaban J connectivity index is 2.65. The monoisotopic (exact) mass is 183 g/mol. The fourth-order valence-corrected chi connectivity index (χ4v) is 2.32. The summed E-state index contributed by atoms with van der Waals surface area (Å²) in [4.78, 5) is 0. The van der Waals surface area contributed by atoms with Crippen molar-refractivity contribution >= 4 is 0 Å². The predicted molar refractivity (Wildman–Crippen MR) is 55.9 cm³/mol. The minimum atomic E-state index is 0.0256. The molecule has 0 bridgehead atoms. The highest BCUT2D eigenvalue weighted by molar-refractivity contribution is 5.04. The van der Waals surface area contributed by atoms with E-state index in [9.17, 15) is 0 Å². The third-order valence-electron chi connectivity index (χ3n) is 3.08. The molecular weight excluding hydrogens is 162 g/mol. The molecule has 0 amide bonds. The first-order chi connectivity index (χ1) is 6.29. The minimum absolute atomic E-state index is 0.0256. The maximum atomic E-state index is 5.67. The molecule has 1 N–H and O–H groups in total. The molecule has 76 valence electrons. The highest BCUT2D eigenvalue weighted by Gasteiger charge is 2.39. The summed E-state index contributed by atoms with van der Waals surface area (Å²) < 4.78 is 5.67. The molecule has 1 unspecified atom stereocenters. The lowest BCUT2D eigenvalue weighted by Crippen LogP contribution is -2.49. The van der Waals surface area contributed by atoms with Crippen LogP contribution in [0.2, 0.25) is 0 Å². The molecule has 0 heterocycles. The zero-order valence-electron chi connectivity index (χ0n) is 8.81. The van der Waals surface area contributed by atoms with E-state index >= 15 is 0 Å². The standard InChI is InChI=1S/C11H21NO/c1-4-10(12-5-2)11(13-3)8-6-7-9-11/h4,10,12H,1,5-9H2,2-3H3. The van der Waals surface area contributed by atoms with Gasteiger partial charge in [0.1, 0.15) is 0 Å². The van der Waals surface area contributed by atoms with Crippen molar-refractivity contribution in [3.63, 3.8) is 0 Å². The highest BCUT2D eigenvalue weighted by atomic mass is 16.5. The minimum Gasteiger partial charge on any atom is -0.376 e. The van der Waals surface area contributed by atoms with Crippen LogP contribution in [0.1, 0.15) is 32.6 Å². The van der Waals surface area contributed by atoms with Gasteiger partial charge in [0.15, 0.2) is 0 Å². The van der Waals surface area contributed by atoms with Crippen LogP contribution in [0, 0.1) is 0 Å². The molecule has 0 spiro atoms. The summed E-state index contributed by atoms with van der Waals surface area (Å²) in [5.41, 5.74) is 0.0256. The second-order valence-electron chi connectivity index (χ2n) is 3.75. The average molecular weight is 183 g/mol. The molecule has 1 saturated carbocycles. The molecule has 1 aliphatic carbocycles. The van der Waals surface area contributed by atoms with Crippen LogP contribution in [-0.4, -0.2) is 25.3 Å². The van der Waals surface area contributed by atoms with Crippen LogP contribution in [0.5, 0.6) is 0 Å². The average Bonchev–Trinajstić information content (AvgIpc) is 2.63. The molecule has 1 atom stereocenters. The number of hydrogen-bond acceptors (Lipinski definition) is 2. The highest BCUT2D eigenvalue weighted by Crippen LogP contribution is 2.35. The van der Waals surface area contributed by atoms with E-state index in [0.717, 1.165) is 19.4 Å². The van der Waals surface area contributed by atoms with Gasteiger partial charge in [0.2, 0.25) is 0 Å². The van der Waals surface area contributed by atoms with Crippen molar-refractivity contribution in [2.75, 3.05) is 13.7 Å². The van der Waals surface area contributed by atoms with E-state index < -0.39 is 0 Å². The van der Waals surface area contributed by atoms with E-state index in [1.165, 1.54) is 12.8 Å². The van der Waals surface area contributed by atoms with E-state index in [1.807, 2.05) is 13.2 Å². The Bertz CT molecular complexity index is 161. The number of ether oxygens (including phenoxy) is 1. The molecule has 1 aliphatic rings. The summed E-state index contributed by atoms with van der Waals surface area (Å²) in [6.45, 7) is 6.97. The number of methoxy groups -OCH3 is 1. The van der Waals surface area contributed by atoms with Crippen LogP contribution >= 0.6 is 0 Å². The van der Waals surface area contributed by atoms with Gasteiger partial charge in [-0.3, -0.25) is 0 Å². The van der Waals surface area contributed by atoms with Crippen LogP contribution < -0.4 is 5.32 Å². The number of rotatable bonds is 5. The predicted octanol–water partition coefficient (Wildman–Crippen LogP) is 2.11. The van der Waals surface area contributed by atoms with E-state index in [4.69, 9.17) is 4.74 Å². The zero-order valence-corrected chi connectivity index (χ0v) is 8.81. The lowest BCUT2D eigenvalue weighted by molar-refractivity contribution is -0.0226. The molecule has 0 aromatic carbocycles. The summed E-state index contributed by atoms with van der Waals surface area (Å²) in [6.07, 6.45) is 6.87. The van der Waals surface area contributed by atoms with Gasteiger partial charge in [0, 0.05) is 7.11 Å². The Morgan fingerprint density at radius 3 is 2.54 bits per heavy atom. The van der Waals surface area contributed by atoms with Crippen molar-refractivity contribution < 1.29 is 4.74 Å². The van der Waals surface area contributed by atoms with Crippen molar-refractivity contribution in [1.82, 2.24) is 5.32 Å². The van der Waals surface area contributed by atoms with Gasteiger partial charge in [-0.2, -0.15) is 0 Å². The van der Waals surface area contributed by atoms with Crippen LogP contribution in [0.15, 0.2) is 12.7 Å². The van der Waals surface area contributed by atoms with Gasteiger partial charge in [-0.15, -0.1) is 6.58 Å². The first-order valence-electron chi connectivity index (χ1n) is 5.20. The molecule has 0 aliphatic heterocycles. The molecular formula is C11H21NO. The summed E-state index contributed by atoms with van der Waals surface area (Å²) in [7, 11) is 1.82. The van der Waals surface area contributed by atoms with Gasteiger partial charge in [-0.25, -0.2) is 0 Å². The number of hydrogen-bond donors (Lipinski definition) is 1. The van der Waals surface area contributed by atoms with Crippen molar-refractivity contribution in [1.29, 1.82) is 0 Å². The first-order valence-corrected chi connectivity index (χ1v) is 5.20. The molecule has 2 nitrogen and oxygen atoms in total. The van der Waals surface area contributed by atoms with Crippen LogP contribution in [0.3, 0.4) is 0 Å². The van der Waals surface area contributed by atoms with E-state index in [2.05, 4.69) is 18.8 Å². The Morgan fingerprint density at radius 2 is 2.15 bits per heavy atom. The molecule has 0 saturated heterocycles. The Labute approximate surface area is 81.4 Å². The molecule has 0 aromatic rings. The zero-order chi connectivity index (χ0) is 9.73. The molecule has 1 fully saturated rings. The largest absolute Gasteiger partial charge is 0.376 e. The van der Waals surface area contributed by atoms with Gasteiger partial charge in [-0.05, 0) is 19.4 Å². The quantitative estimate of drug-likeness (QED) is 0.659. The molecule has 0 radical (unpaired) electrons.